The minimum absolute atomic E-state index is 0.0501. The maximum Gasteiger partial charge on any atom is 0.253 e. The molecule has 0 saturated heterocycles. The summed E-state index contributed by atoms with van der Waals surface area (Å²) in [5, 5.41) is 2.86. The molecule has 7 heteroatoms. The van der Waals surface area contributed by atoms with E-state index in [1.807, 2.05) is 44.2 Å². The average molecular weight is 378 g/mol. The normalized spacial score (nSPS) is 13.0. The Bertz CT molecular complexity index is 1010. The molecule has 7 nitrogen and oxygen atoms in total. The highest BCUT2D eigenvalue weighted by Gasteiger charge is 2.20. The van der Waals surface area contributed by atoms with E-state index >= 15 is 0 Å². The number of rotatable bonds is 6. The molecule has 0 radical (unpaired) electrons. The first-order valence-electron chi connectivity index (χ1n) is 9.43. The first-order valence-corrected chi connectivity index (χ1v) is 9.43. The second-order valence-electron chi connectivity index (χ2n) is 6.37. The van der Waals surface area contributed by atoms with Crippen molar-refractivity contribution < 1.29 is 14.3 Å². The third-order valence-corrected chi connectivity index (χ3v) is 4.54. The van der Waals surface area contributed by atoms with Crippen molar-refractivity contribution in [2.45, 2.75) is 20.3 Å². The lowest BCUT2D eigenvalue weighted by Crippen LogP contribution is -2.31. The van der Waals surface area contributed by atoms with E-state index in [1.54, 1.807) is 6.20 Å². The minimum Gasteiger partial charge on any atom is -0.490 e. The van der Waals surface area contributed by atoms with Crippen LogP contribution in [0.3, 0.4) is 0 Å². The van der Waals surface area contributed by atoms with Gasteiger partial charge in [-0.3, -0.25) is 4.79 Å². The van der Waals surface area contributed by atoms with Crippen LogP contribution in [-0.4, -0.2) is 40.6 Å². The average Bonchev–Trinajstić information content (AvgIpc) is 3.16. The van der Waals surface area contributed by atoms with Gasteiger partial charge >= 0.3 is 0 Å². The number of H-pyrrole nitrogens is 1. The van der Waals surface area contributed by atoms with Gasteiger partial charge in [-0.1, -0.05) is 0 Å². The molecule has 4 rings (SSSR count). The molecule has 144 valence electrons. The lowest BCUT2D eigenvalue weighted by Gasteiger charge is -2.12. The molecule has 1 amide bonds. The van der Waals surface area contributed by atoms with E-state index < -0.39 is 0 Å². The number of hydrogen-bond acceptors (Lipinski definition) is 5. The fraction of sp³-hybridized carbons (Fsp3) is 0.286. The molecule has 3 aromatic rings. The number of carbonyl (C=O) groups excluding carboxylic acids is 1. The van der Waals surface area contributed by atoms with Crippen LogP contribution in [0, 0.1) is 0 Å². The summed E-state index contributed by atoms with van der Waals surface area (Å²) >= 11 is 0. The molecule has 28 heavy (non-hydrogen) atoms. The van der Waals surface area contributed by atoms with Crippen LogP contribution in [0.25, 0.3) is 22.8 Å². The molecule has 0 aliphatic carbocycles. The van der Waals surface area contributed by atoms with E-state index in [0.717, 1.165) is 29.1 Å². The third-order valence-electron chi connectivity index (χ3n) is 4.54. The summed E-state index contributed by atoms with van der Waals surface area (Å²) in [6.07, 6.45) is 2.50. The topological polar surface area (TPSA) is 89.1 Å². The van der Waals surface area contributed by atoms with E-state index in [4.69, 9.17) is 9.47 Å². The number of aromatic amines is 1. The summed E-state index contributed by atoms with van der Waals surface area (Å²) in [7, 11) is 0. The Hall–Kier alpha value is -3.35. The number of carbonyl (C=O) groups is 1. The molecule has 1 aromatic carbocycles. The van der Waals surface area contributed by atoms with Gasteiger partial charge in [0.05, 0.1) is 30.2 Å². The monoisotopic (exact) mass is 378 g/mol. The second kappa shape index (κ2) is 7.72. The van der Waals surface area contributed by atoms with Gasteiger partial charge in [-0.05, 0) is 44.2 Å². The van der Waals surface area contributed by atoms with Crippen LogP contribution in [-0.2, 0) is 6.42 Å². The van der Waals surface area contributed by atoms with Crippen molar-refractivity contribution in [3.8, 4) is 34.3 Å². The van der Waals surface area contributed by atoms with Crippen molar-refractivity contribution in [1.82, 2.24) is 20.3 Å². The van der Waals surface area contributed by atoms with E-state index in [0.29, 0.717) is 42.6 Å². The number of fused-ring (bicyclic) bond motifs is 1. The van der Waals surface area contributed by atoms with Crippen LogP contribution >= 0.6 is 0 Å². The standard InChI is InChI=1S/C21H22N4O3/c1-3-27-18-6-5-13(11-19(18)28-4-2)20-22-9-8-16(25-20)17-12-14-15(24-17)7-10-23-21(14)26/h5-6,8-9,11-12,24H,3-4,7,10H2,1-2H3,(H,23,26). The zero-order chi connectivity index (χ0) is 19.5. The van der Waals surface area contributed by atoms with Crippen molar-refractivity contribution >= 4 is 5.91 Å². The van der Waals surface area contributed by atoms with Crippen LogP contribution in [0.1, 0.15) is 29.9 Å². The molecular weight excluding hydrogens is 356 g/mol. The van der Waals surface area contributed by atoms with Gasteiger partial charge in [-0.25, -0.2) is 9.97 Å². The van der Waals surface area contributed by atoms with Gasteiger partial charge in [0.1, 0.15) is 0 Å². The van der Waals surface area contributed by atoms with Crippen LogP contribution in [0.15, 0.2) is 36.5 Å². The Morgan fingerprint density at radius 1 is 1.07 bits per heavy atom. The molecule has 0 fully saturated rings. The molecule has 1 aliphatic heterocycles. The molecule has 2 N–H and O–H groups in total. The van der Waals surface area contributed by atoms with Gasteiger partial charge in [0.2, 0.25) is 0 Å². The molecule has 0 saturated carbocycles. The van der Waals surface area contributed by atoms with Crippen molar-refractivity contribution in [2.24, 2.45) is 0 Å². The molecule has 0 bridgehead atoms. The largest absolute Gasteiger partial charge is 0.490 e. The van der Waals surface area contributed by atoms with E-state index in [-0.39, 0.29) is 5.91 Å². The number of nitrogens with zero attached hydrogens (tertiary/aromatic N) is 2. The molecular formula is C21H22N4O3. The summed E-state index contributed by atoms with van der Waals surface area (Å²) in [6, 6.07) is 9.36. The summed E-state index contributed by atoms with van der Waals surface area (Å²) in [6.45, 7) is 5.62. The third kappa shape index (κ3) is 3.43. The van der Waals surface area contributed by atoms with E-state index in [1.165, 1.54) is 0 Å². The number of benzene rings is 1. The number of ether oxygens (including phenoxy) is 2. The number of nitrogens with one attached hydrogen (secondary N) is 2. The fourth-order valence-electron chi connectivity index (χ4n) is 3.27. The second-order valence-corrected chi connectivity index (χ2v) is 6.37. The smallest absolute Gasteiger partial charge is 0.253 e. The van der Waals surface area contributed by atoms with E-state index in [2.05, 4.69) is 20.3 Å². The van der Waals surface area contributed by atoms with Gasteiger partial charge in [0.25, 0.3) is 5.91 Å². The van der Waals surface area contributed by atoms with Crippen LogP contribution in [0.5, 0.6) is 11.5 Å². The quantitative estimate of drug-likeness (QED) is 0.687. The summed E-state index contributed by atoms with van der Waals surface area (Å²) < 4.78 is 11.3. The van der Waals surface area contributed by atoms with Crippen molar-refractivity contribution in [3.63, 3.8) is 0 Å². The SMILES string of the molecule is CCOc1ccc(-c2nccc(-c3cc4c([nH]3)CCNC4=O)n2)cc1OCC. The zero-order valence-corrected chi connectivity index (χ0v) is 15.9. The van der Waals surface area contributed by atoms with Gasteiger partial charge in [0.15, 0.2) is 17.3 Å². The van der Waals surface area contributed by atoms with Gasteiger partial charge < -0.3 is 19.8 Å². The Labute approximate surface area is 163 Å². The van der Waals surface area contributed by atoms with Gasteiger partial charge in [-0.15, -0.1) is 0 Å². The van der Waals surface area contributed by atoms with Gasteiger partial charge in [0, 0.05) is 30.4 Å². The lowest BCUT2D eigenvalue weighted by molar-refractivity contribution is 0.0946. The van der Waals surface area contributed by atoms with Crippen LogP contribution in [0.2, 0.25) is 0 Å². The zero-order valence-electron chi connectivity index (χ0n) is 15.9. The van der Waals surface area contributed by atoms with Crippen LogP contribution in [0.4, 0.5) is 0 Å². The van der Waals surface area contributed by atoms with Crippen molar-refractivity contribution in [3.05, 3.63) is 47.8 Å². The summed E-state index contributed by atoms with van der Waals surface area (Å²) in [5.74, 6) is 1.90. The molecule has 0 unspecified atom stereocenters. The Morgan fingerprint density at radius 3 is 2.68 bits per heavy atom. The first-order chi connectivity index (χ1) is 13.7. The Balaban J connectivity index is 1.69. The maximum atomic E-state index is 12.0. The highest BCUT2D eigenvalue weighted by atomic mass is 16.5. The molecule has 1 aliphatic rings. The van der Waals surface area contributed by atoms with Crippen molar-refractivity contribution in [1.29, 1.82) is 0 Å². The summed E-state index contributed by atoms with van der Waals surface area (Å²) in [4.78, 5) is 24.4. The Kier molecular flexibility index (Phi) is 4.97. The lowest BCUT2D eigenvalue weighted by atomic mass is 10.1. The van der Waals surface area contributed by atoms with E-state index in [9.17, 15) is 4.79 Å². The van der Waals surface area contributed by atoms with Gasteiger partial charge in [-0.2, -0.15) is 0 Å². The minimum atomic E-state index is -0.0501. The highest BCUT2D eigenvalue weighted by Crippen LogP contribution is 2.32. The predicted molar refractivity (Wildman–Crippen MR) is 106 cm³/mol. The van der Waals surface area contributed by atoms with Crippen molar-refractivity contribution in [2.75, 3.05) is 19.8 Å². The maximum absolute atomic E-state index is 12.0. The molecule has 0 atom stereocenters. The highest BCUT2D eigenvalue weighted by molar-refractivity contribution is 5.97. The fourth-order valence-corrected chi connectivity index (χ4v) is 3.27. The predicted octanol–water partition coefficient (Wildman–Crippen LogP) is 3.22. The van der Waals surface area contributed by atoms with Crippen LogP contribution < -0.4 is 14.8 Å². The molecule has 3 heterocycles. The molecule has 0 spiro atoms. The summed E-state index contributed by atoms with van der Waals surface area (Å²) in [5.41, 5.74) is 4.00. The molecule has 2 aromatic heterocycles. The first kappa shape index (κ1) is 18.0. The number of hydrogen-bond donors (Lipinski definition) is 2. The number of amides is 1. The number of aromatic nitrogens is 3. The Morgan fingerprint density at radius 2 is 1.89 bits per heavy atom.